The first-order valence-electron chi connectivity index (χ1n) is 6.12. The molecule has 3 N–H and O–H groups in total. The van der Waals surface area contributed by atoms with Gasteiger partial charge in [0.25, 0.3) is 0 Å². The van der Waals surface area contributed by atoms with E-state index in [0.29, 0.717) is 17.1 Å². The molecule has 0 fully saturated rings. The molecular formula is C15H14N2O3S. The largest absolute Gasteiger partial charge is 0.465 e. The highest BCUT2D eigenvalue weighted by Gasteiger charge is 2.12. The molecule has 21 heavy (non-hydrogen) atoms. The number of carbonyl (C=O) groups excluding carboxylic acids is 1. The Kier molecular flexibility index (Phi) is 4.73. The number of hydrogen-bond acceptors (Lipinski definition) is 4. The lowest BCUT2D eigenvalue weighted by Crippen LogP contribution is -2.18. The fourth-order valence-electron chi connectivity index (χ4n) is 1.71. The van der Waals surface area contributed by atoms with E-state index < -0.39 is 5.97 Å². The van der Waals surface area contributed by atoms with Gasteiger partial charge in [0, 0.05) is 5.69 Å². The number of nitrogens with one attached hydrogen (secondary N) is 1. The fraction of sp³-hybridized carbons (Fsp3) is 0.0667. The maximum atomic E-state index is 11.7. The zero-order chi connectivity index (χ0) is 15.2. The van der Waals surface area contributed by atoms with Gasteiger partial charge in [-0.1, -0.05) is 12.1 Å². The predicted octanol–water partition coefficient (Wildman–Crippen LogP) is 2.92. The third kappa shape index (κ3) is 3.93. The van der Waals surface area contributed by atoms with Crippen molar-refractivity contribution >= 4 is 29.0 Å². The van der Waals surface area contributed by atoms with E-state index in [2.05, 4.69) is 5.32 Å². The van der Waals surface area contributed by atoms with E-state index in [-0.39, 0.29) is 5.11 Å². The van der Waals surface area contributed by atoms with Crippen molar-refractivity contribution in [3.05, 3.63) is 54.1 Å². The molecule has 0 heterocycles. The van der Waals surface area contributed by atoms with Crippen molar-refractivity contribution < 1.29 is 14.3 Å². The summed E-state index contributed by atoms with van der Waals surface area (Å²) in [6, 6.07) is 13.9. The molecule has 0 atom stereocenters. The summed E-state index contributed by atoms with van der Waals surface area (Å²) in [5.41, 5.74) is 6.52. The third-order valence-electron chi connectivity index (χ3n) is 2.64. The van der Waals surface area contributed by atoms with Crippen LogP contribution in [0.25, 0.3) is 0 Å². The van der Waals surface area contributed by atoms with Gasteiger partial charge in [-0.2, -0.15) is 0 Å². The van der Waals surface area contributed by atoms with E-state index >= 15 is 0 Å². The average molecular weight is 302 g/mol. The Morgan fingerprint density at radius 1 is 1.14 bits per heavy atom. The second-order valence-electron chi connectivity index (χ2n) is 4.10. The minimum Gasteiger partial charge on any atom is -0.465 e. The van der Waals surface area contributed by atoms with Gasteiger partial charge in [-0.15, -0.1) is 0 Å². The molecule has 0 aromatic heterocycles. The summed E-state index contributed by atoms with van der Waals surface area (Å²) in [4.78, 5) is 11.7. The molecule has 0 saturated carbocycles. The molecule has 0 bridgehead atoms. The van der Waals surface area contributed by atoms with E-state index in [0.717, 1.165) is 5.69 Å². The second-order valence-corrected chi connectivity index (χ2v) is 4.54. The maximum absolute atomic E-state index is 11.7. The smallest absolute Gasteiger partial charge is 0.341 e. The molecule has 0 amide bonds. The van der Waals surface area contributed by atoms with Crippen molar-refractivity contribution in [1.29, 1.82) is 0 Å². The number of methoxy groups -OCH3 is 1. The maximum Gasteiger partial charge on any atom is 0.341 e. The van der Waals surface area contributed by atoms with Crippen LogP contribution in [-0.4, -0.2) is 18.2 Å². The predicted molar refractivity (Wildman–Crippen MR) is 84.7 cm³/mol. The molecule has 2 rings (SSSR count). The zero-order valence-electron chi connectivity index (χ0n) is 11.3. The number of para-hydroxylation sites is 1. The quantitative estimate of drug-likeness (QED) is 0.668. The Morgan fingerprint density at radius 2 is 1.81 bits per heavy atom. The van der Waals surface area contributed by atoms with E-state index in [1.807, 2.05) is 0 Å². The van der Waals surface area contributed by atoms with Crippen LogP contribution in [-0.2, 0) is 4.74 Å². The van der Waals surface area contributed by atoms with Crippen LogP contribution in [0.2, 0.25) is 0 Å². The van der Waals surface area contributed by atoms with Crippen LogP contribution < -0.4 is 15.8 Å². The molecule has 0 unspecified atom stereocenters. The van der Waals surface area contributed by atoms with Gasteiger partial charge in [0.15, 0.2) is 5.11 Å². The average Bonchev–Trinajstić information content (AvgIpc) is 2.48. The zero-order valence-corrected chi connectivity index (χ0v) is 12.1. The summed E-state index contributed by atoms with van der Waals surface area (Å²) < 4.78 is 10.4. The normalized spacial score (nSPS) is 9.76. The molecule has 108 valence electrons. The number of benzene rings is 2. The molecule has 2 aromatic rings. The molecule has 0 saturated heterocycles. The van der Waals surface area contributed by atoms with Crippen LogP contribution in [0, 0.1) is 0 Å². The molecule has 0 aliphatic carbocycles. The van der Waals surface area contributed by atoms with Crippen molar-refractivity contribution in [2.45, 2.75) is 0 Å². The SMILES string of the molecule is COC(=O)c1ccccc1Oc1ccc(NC(N)=S)cc1. The third-order valence-corrected chi connectivity index (χ3v) is 2.74. The lowest BCUT2D eigenvalue weighted by molar-refractivity contribution is 0.0598. The highest BCUT2D eigenvalue weighted by Crippen LogP contribution is 2.26. The molecule has 2 aromatic carbocycles. The van der Waals surface area contributed by atoms with Gasteiger partial charge in [-0.25, -0.2) is 4.79 Å². The number of ether oxygens (including phenoxy) is 2. The van der Waals surface area contributed by atoms with Crippen LogP contribution in [0.5, 0.6) is 11.5 Å². The lowest BCUT2D eigenvalue weighted by Gasteiger charge is -2.10. The monoisotopic (exact) mass is 302 g/mol. The Hall–Kier alpha value is -2.60. The van der Waals surface area contributed by atoms with E-state index in [1.165, 1.54) is 7.11 Å². The van der Waals surface area contributed by atoms with E-state index in [1.54, 1.807) is 48.5 Å². The van der Waals surface area contributed by atoms with Gasteiger partial charge < -0.3 is 20.5 Å². The minimum atomic E-state index is -0.447. The summed E-state index contributed by atoms with van der Waals surface area (Å²) in [5, 5.41) is 3.01. The Balaban J connectivity index is 2.18. The first-order valence-corrected chi connectivity index (χ1v) is 6.52. The Morgan fingerprint density at radius 3 is 2.43 bits per heavy atom. The van der Waals surface area contributed by atoms with Crippen molar-refractivity contribution in [3.8, 4) is 11.5 Å². The molecule has 6 heteroatoms. The first-order chi connectivity index (χ1) is 10.1. The summed E-state index contributed by atoms with van der Waals surface area (Å²) in [7, 11) is 1.33. The topological polar surface area (TPSA) is 73.6 Å². The summed E-state index contributed by atoms with van der Waals surface area (Å²) >= 11 is 4.76. The number of esters is 1. The lowest BCUT2D eigenvalue weighted by atomic mass is 10.2. The fourth-order valence-corrected chi connectivity index (χ4v) is 1.83. The van der Waals surface area contributed by atoms with E-state index in [9.17, 15) is 4.79 Å². The van der Waals surface area contributed by atoms with Crippen molar-refractivity contribution in [1.82, 2.24) is 0 Å². The summed E-state index contributed by atoms with van der Waals surface area (Å²) in [5.74, 6) is 0.566. The molecule has 0 aliphatic heterocycles. The number of anilines is 1. The van der Waals surface area contributed by atoms with Crippen LogP contribution >= 0.6 is 12.2 Å². The van der Waals surface area contributed by atoms with Crippen LogP contribution in [0.1, 0.15) is 10.4 Å². The Labute approximate surface area is 127 Å². The highest BCUT2D eigenvalue weighted by atomic mass is 32.1. The molecule has 0 aliphatic rings. The second kappa shape index (κ2) is 6.71. The van der Waals surface area contributed by atoms with Crippen molar-refractivity contribution in [2.24, 2.45) is 5.73 Å². The van der Waals surface area contributed by atoms with Gasteiger partial charge in [0.1, 0.15) is 17.1 Å². The number of carbonyl (C=O) groups is 1. The van der Waals surface area contributed by atoms with Gasteiger partial charge in [0.05, 0.1) is 7.11 Å². The first kappa shape index (κ1) is 14.8. The van der Waals surface area contributed by atoms with Crippen molar-refractivity contribution in [2.75, 3.05) is 12.4 Å². The van der Waals surface area contributed by atoms with Crippen LogP contribution in [0.4, 0.5) is 5.69 Å². The van der Waals surface area contributed by atoms with Crippen LogP contribution in [0.15, 0.2) is 48.5 Å². The molecule has 0 radical (unpaired) electrons. The molecule has 0 spiro atoms. The van der Waals surface area contributed by atoms with Gasteiger partial charge in [-0.05, 0) is 48.6 Å². The van der Waals surface area contributed by atoms with E-state index in [4.69, 9.17) is 27.4 Å². The minimum absolute atomic E-state index is 0.194. The summed E-state index contributed by atoms with van der Waals surface area (Å²) in [6.45, 7) is 0. The Bertz CT molecular complexity index is 656. The molecular weight excluding hydrogens is 288 g/mol. The standard InChI is InChI=1S/C15H14N2O3S/c1-19-14(18)12-4-2-3-5-13(12)20-11-8-6-10(7-9-11)17-15(16)21/h2-9H,1H3,(H3,16,17,21). The number of thiocarbonyl (C=S) groups is 1. The number of nitrogens with two attached hydrogens (primary N) is 1. The van der Waals surface area contributed by atoms with Crippen molar-refractivity contribution in [3.63, 3.8) is 0 Å². The molecule has 5 nitrogen and oxygen atoms in total. The van der Waals surface area contributed by atoms with Gasteiger partial charge >= 0.3 is 5.97 Å². The van der Waals surface area contributed by atoms with Crippen LogP contribution in [0.3, 0.4) is 0 Å². The van der Waals surface area contributed by atoms with Gasteiger partial charge in [0.2, 0.25) is 0 Å². The highest BCUT2D eigenvalue weighted by molar-refractivity contribution is 7.80. The summed E-state index contributed by atoms with van der Waals surface area (Å²) in [6.07, 6.45) is 0. The number of rotatable bonds is 4. The van der Waals surface area contributed by atoms with Gasteiger partial charge in [-0.3, -0.25) is 0 Å². The number of hydrogen-bond donors (Lipinski definition) is 2.